The molecule has 0 heterocycles. The van der Waals surface area contributed by atoms with Crippen molar-refractivity contribution in [2.75, 3.05) is 0 Å². The molecular formula is C7H13Br. The fourth-order valence-corrected chi connectivity index (χ4v) is 0.840. The maximum atomic E-state index is 3.22. The molecule has 0 fully saturated rings. The Morgan fingerprint density at radius 1 is 1.38 bits per heavy atom. The van der Waals surface area contributed by atoms with Gasteiger partial charge in [-0.1, -0.05) is 41.8 Å². The lowest BCUT2D eigenvalue weighted by atomic mass is 10.2. The predicted octanol–water partition coefficient (Wildman–Crippen LogP) is 3.48. The van der Waals surface area contributed by atoms with Gasteiger partial charge in [0.2, 0.25) is 0 Å². The minimum atomic E-state index is 1.22. The molecule has 1 heteroatoms. The lowest BCUT2D eigenvalue weighted by molar-refractivity contribution is 0.729. The van der Waals surface area contributed by atoms with Crippen molar-refractivity contribution < 1.29 is 0 Å². The third kappa shape index (κ3) is 6.22. The van der Waals surface area contributed by atoms with E-state index in [9.17, 15) is 0 Å². The molecule has 0 aliphatic rings. The van der Waals surface area contributed by atoms with Gasteiger partial charge in [0.05, 0.1) is 0 Å². The van der Waals surface area contributed by atoms with E-state index in [-0.39, 0.29) is 0 Å². The summed E-state index contributed by atoms with van der Waals surface area (Å²) in [6, 6.07) is 0. The predicted molar refractivity (Wildman–Crippen MR) is 42.2 cm³/mol. The molecule has 0 unspecified atom stereocenters. The molecule has 0 nitrogen and oxygen atoms in total. The Morgan fingerprint density at radius 2 is 2.12 bits per heavy atom. The zero-order chi connectivity index (χ0) is 6.24. The van der Waals surface area contributed by atoms with Crippen LogP contribution in [-0.2, 0) is 0 Å². The van der Waals surface area contributed by atoms with Crippen LogP contribution in [0.4, 0.5) is 0 Å². The summed E-state index contributed by atoms with van der Waals surface area (Å²) in [7, 11) is 0. The van der Waals surface area contributed by atoms with Crippen LogP contribution in [0.2, 0.25) is 0 Å². The van der Waals surface area contributed by atoms with E-state index in [1.165, 1.54) is 25.7 Å². The van der Waals surface area contributed by atoms with Gasteiger partial charge >= 0.3 is 0 Å². The zero-order valence-corrected chi connectivity index (χ0v) is 6.95. The highest BCUT2D eigenvalue weighted by molar-refractivity contribution is 9.11. The third-order valence-corrected chi connectivity index (χ3v) is 1.44. The summed E-state index contributed by atoms with van der Waals surface area (Å²) in [4.78, 5) is 1.93. The molecule has 0 aromatic heterocycles. The molecule has 0 aliphatic heterocycles. The van der Waals surface area contributed by atoms with Gasteiger partial charge < -0.3 is 0 Å². The maximum Gasteiger partial charge on any atom is -0.0229 e. The van der Waals surface area contributed by atoms with Gasteiger partial charge in [-0.15, -0.1) is 0 Å². The largest absolute Gasteiger partial charge is 0.0776 e. The maximum absolute atomic E-state index is 3.22. The van der Waals surface area contributed by atoms with Crippen molar-refractivity contribution in [2.24, 2.45) is 0 Å². The average molecular weight is 177 g/mol. The van der Waals surface area contributed by atoms with E-state index in [0.717, 1.165) is 0 Å². The second-order valence-electron chi connectivity index (χ2n) is 1.86. The Balaban J connectivity index is 2.72. The van der Waals surface area contributed by atoms with Crippen molar-refractivity contribution in [2.45, 2.75) is 32.6 Å². The van der Waals surface area contributed by atoms with E-state index >= 15 is 0 Å². The first-order chi connectivity index (χ1) is 3.91. The smallest absolute Gasteiger partial charge is 0.0229 e. The molecule has 0 aromatic carbocycles. The molecule has 0 N–H and O–H groups in total. The normalized spacial score (nSPS) is 10.8. The van der Waals surface area contributed by atoms with Crippen molar-refractivity contribution in [1.82, 2.24) is 0 Å². The number of allylic oxidation sites excluding steroid dienone is 1. The van der Waals surface area contributed by atoms with Crippen LogP contribution in [-0.4, -0.2) is 0 Å². The van der Waals surface area contributed by atoms with Crippen molar-refractivity contribution >= 4 is 15.9 Å². The van der Waals surface area contributed by atoms with E-state index in [0.29, 0.717) is 0 Å². The molecule has 0 aromatic rings. The quantitative estimate of drug-likeness (QED) is 0.576. The van der Waals surface area contributed by atoms with Gasteiger partial charge in [0, 0.05) is 0 Å². The Morgan fingerprint density at radius 3 is 2.62 bits per heavy atom. The van der Waals surface area contributed by atoms with Crippen molar-refractivity contribution in [3.8, 4) is 0 Å². The Labute approximate surface area is 60.1 Å². The Bertz CT molecular complexity index is 57.4. The van der Waals surface area contributed by atoms with Gasteiger partial charge in [0.15, 0.2) is 0 Å². The topological polar surface area (TPSA) is 0 Å². The molecule has 0 atom stereocenters. The molecule has 0 bridgehead atoms. The molecule has 0 radical (unpaired) electrons. The van der Waals surface area contributed by atoms with Crippen LogP contribution >= 0.6 is 15.9 Å². The second kappa shape index (κ2) is 7.22. The van der Waals surface area contributed by atoms with Gasteiger partial charge in [-0.25, -0.2) is 0 Å². The van der Waals surface area contributed by atoms with Crippen LogP contribution in [0.15, 0.2) is 11.1 Å². The van der Waals surface area contributed by atoms with Crippen molar-refractivity contribution in [3.63, 3.8) is 0 Å². The first-order valence-electron chi connectivity index (χ1n) is 3.17. The van der Waals surface area contributed by atoms with Crippen LogP contribution in [0, 0.1) is 0 Å². The molecule has 0 amide bonds. The average Bonchev–Trinajstić information content (AvgIpc) is 1.81. The second-order valence-corrected chi connectivity index (χ2v) is 2.39. The lowest BCUT2D eigenvalue weighted by Crippen LogP contribution is -1.68. The fourth-order valence-electron chi connectivity index (χ4n) is 0.575. The van der Waals surface area contributed by atoms with Crippen LogP contribution in [0.1, 0.15) is 32.6 Å². The van der Waals surface area contributed by atoms with Crippen LogP contribution < -0.4 is 0 Å². The van der Waals surface area contributed by atoms with Crippen LogP contribution in [0.5, 0.6) is 0 Å². The highest BCUT2D eigenvalue weighted by Crippen LogP contribution is 1.99. The highest BCUT2D eigenvalue weighted by atomic mass is 79.9. The summed E-state index contributed by atoms with van der Waals surface area (Å²) in [6.07, 6.45) is 7.38. The SMILES string of the molecule is CCCCCC=CBr. The Kier molecular flexibility index (Phi) is 7.42. The van der Waals surface area contributed by atoms with Gasteiger partial charge in [-0.3, -0.25) is 0 Å². The van der Waals surface area contributed by atoms with Gasteiger partial charge in [0.1, 0.15) is 0 Å². The number of hydrogen-bond acceptors (Lipinski definition) is 0. The minimum Gasteiger partial charge on any atom is -0.0776 e. The lowest BCUT2D eigenvalue weighted by Gasteiger charge is -1.88. The minimum absolute atomic E-state index is 1.22. The molecule has 0 spiro atoms. The van der Waals surface area contributed by atoms with E-state index in [1.54, 1.807) is 0 Å². The number of halogens is 1. The molecule has 0 aliphatic carbocycles. The summed E-state index contributed by atoms with van der Waals surface area (Å²) in [5.74, 6) is 0. The Hall–Kier alpha value is 0.220. The van der Waals surface area contributed by atoms with Crippen LogP contribution in [0.25, 0.3) is 0 Å². The first kappa shape index (κ1) is 8.22. The zero-order valence-electron chi connectivity index (χ0n) is 5.36. The molecular weight excluding hydrogens is 164 g/mol. The van der Waals surface area contributed by atoms with Gasteiger partial charge in [0.25, 0.3) is 0 Å². The molecule has 0 rings (SSSR count). The van der Waals surface area contributed by atoms with E-state index in [2.05, 4.69) is 28.9 Å². The van der Waals surface area contributed by atoms with Gasteiger partial charge in [-0.2, -0.15) is 0 Å². The number of rotatable bonds is 4. The molecule has 8 heavy (non-hydrogen) atoms. The molecule has 0 saturated heterocycles. The summed E-state index contributed by atoms with van der Waals surface area (Å²) in [5, 5.41) is 0. The summed E-state index contributed by atoms with van der Waals surface area (Å²) in [5.41, 5.74) is 0. The van der Waals surface area contributed by atoms with E-state index in [4.69, 9.17) is 0 Å². The van der Waals surface area contributed by atoms with Crippen molar-refractivity contribution in [1.29, 1.82) is 0 Å². The first-order valence-corrected chi connectivity index (χ1v) is 4.08. The van der Waals surface area contributed by atoms with Gasteiger partial charge in [-0.05, 0) is 17.8 Å². The number of unbranched alkanes of at least 4 members (excludes halogenated alkanes) is 3. The van der Waals surface area contributed by atoms with Crippen LogP contribution in [0.3, 0.4) is 0 Å². The third-order valence-electron chi connectivity index (χ3n) is 1.06. The molecule has 0 saturated carbocycles. The van der Waals surface area contributed by atoms with E-state index < -0.39 is 0 Å². The molecule has 48 valence electrons. The van der Waals surface area contributed by atoms with Crippen molar-refractivity contribution in [3.05, 3.63) is 11.1 Å². The monoisotopic (exact) mass is 176 g/mol. The standard InChI is InChI=1S/C7H13Br/c1-2-3-4-5-6-7-8/h6-7H,2-5H2,1H3. The fraction of sp³-hybridized carbons (Fsp3) is 0.714. The van der Waals surface area contributed by atoms with E-state index in [1.807, 2.05) is 4.99 Å². The summed E-state index contributed by atoms with van der Waals surface area (Å²) in [6.45, 7) is 2.22. The number of hydrogen-bond donors (Lipinski definition) is 0. The summed E-state index contributed by atoms with van der Waals surface area (Å²) >= 11 is 3.22. The summed E-state index contributed by atoms with van der Waals surface area (Å²) < 4.78 is 0. The highest BCUT2D eigenvalue weighted by Gasteiger charge is 1.78.